The third-order valence-electron chi connectivity index (χ3n) is 5.15. The second-order valence-electron chi connectivity index (χ2n) is 7.33. The molecule has 0 bridgehead atoms. The van der Waals surface area contributed by atoms with E-state index in [1.54, 1.807) is 17.0 Å². The number of urea groups is 1. The Morgan fingerprint density at radius 1 is 1.33 bits per heavy atom. The number of anilines is 1. The number of rotatable bonds is 5. The molecule has 2 heterocycles. The molecule has 3 amide bonds. The molecule has 0 spiro atoms. The van der Waals surface area contributed by atoms with Crippen molar-refractivity contribution in [2.45, 2.75) is 19.0 Å². The monoisotopic (exact) mass is 434 g/mol. The quantitative estimate of drug-likeness (QED) is 0.427. The second kappa shape index (κ2) is 9.38. The van der Waals surface area contributed by atoms with Crippen LogP contribution in [0.5, 0.6) is 0 Å². The largest absolute Gasteiger partial charge is 0.324 e. The highest BCUT2D eigenvalue weighted by Gasteiger charge is 2.31. The Labute approximate surface area is 179 Å². The molecule has 160 valence electrons. The Morgan fingerprint density at radius 3 is 2.67 bits per heavy atom. The molecule has 1 aromatic carbocycles. The summed E-state index contributed by atoms with van der Waals surface area (Å²) >= 11 is 5.96. The lowest BCUT2D eigenvalue weighted by atomic mass is 10.2. The SMILES string of the molecule is CN(C)[C@H]1CCN(C(=O)N(Cc2ccc(C(=O)NN)cn2)c2ccc(F)c(Cl)c2)C1. The van der Waals surface area contributed by atoms with Crippen LogP contribution in [0.25, 0.3) is 0 Å². The number of likely N-dealkylation sites (tertiary alicyclic amines) is 1. The van der Waals surface area contributed by atoms with Gasteiger partial charge in [0.2, 0.25) is 0 Å². The summed E-state index contributed by atoms with van der Waals surface area (Å²) < 4.78 is 13.7. The van der Waals surface area contributed by atoms with E-state index in [-0.39, 0.29) is 23.6 Å². The van der Waals surface area contributed by atoms with Crippen LogP contribution in [0.3, 0.4) is 0 Å². The fourth-order valence-electron chi connectivity index (χ4n) is 3.33. The molecule has 1 aromatic heterocycles. The summed E-state index contributed by atoms with van der Waals surface area (Å²) in [4.78, 5) is 34.6. The van der Waals surface area contributed by atoms with E-state index in [9.17, 15) is 14.0 Å². The van der Waals surface area contributed by atoms with E-state index in [0.29, 0.717) is 30.0 Å². The molecular formula is C20H24ClFN6O2. The van der Waals surface area contributed by atoms with Crippen LogP contribution in [0.1, 0.15) is 22.5 Å². The lowest BCUT2D eigenvalue weighted by Gasteiger charge is -2.29. The molecule has 1 atom stereocenters. The maximum atomic E-state index is 13.7. The van der Waals surface area contributed by atoms with Crippen molar-refractivity contribution in [1.29, 1.82) is 0 Å². The first kappa shape index (κ1) is 21.9. The molecule has 1 aliphatic rings. The van der Waals surface area contributed by atoms with E-state index >= 15 is 0 Å². The normalized spacial score (nSPS) is 16.1. The molecular weight excluding hydrogens is 411 g/mol. The highest BCUT2D eigenvalue weighted by molar-refractivity contribution is 6.31. The zero-order valence-electron chi connectivity index (χ0n) is 16.8. The predicted molar refractivity (Wildman–Crippen MR) is 113 cm³/mol. The van der Waals surface area contributed by atoms with E-state index in [1.165, 1.54) is 29.3 Å². The van der Waals surface area contributed by atoms with Gasteiger partial charge in [-0.2, -0.15) is 0 Å². The van der Waals surface area contributed by atoms with Gasteiger partial charge in [0.05, 0.1) is 22.8 Å². The minimum absolute atomic E-state index is 0.0687. The molecule has 3 N–H and O–H groups in total. The van der Waals surface area contributed by atoms with Crippen LogP contribution in [0, 0.1) is 5.82 Å². The van der Waals surface area contributed by atoms with Gasteiger partial charge in [0.25, 0.3) is 5.91 Å². The zero-order valence-corrected chi connectivity index (χ0v) is 17.6. The standard InChI is InChI=1S/C20H24ClFN6O2/c1-26(2)16-7-8-27(12-16)20(30)28(15-5-6-18(22)17(21)9-15)11-14-4-3-13(10-24-14)19(29)25-23/h3-6,9-10,16H,7-8,11-12,23H2,1-2H3,(H,25,29)/t16-/m0/s1. The van der Waals surface area contributed by atoms with Crippen LogP contribution in [0.15, 0.2) is 36.5 Å². The molecule has 2 aromatic rings. The van der Waals surface area contributed by atoms with Gasteiger partial charge in [-0.3, -0.25) is 20.1 Å². The number of aromatic nitrogens is 1. The van der Waals surface area contributed by atoms with Crippen molar-refractivity contribution in [2.24, 2.45) is 5.84 Å². The number of hydrogen-bond acceptors (Lipinski definition) is 5. The molecule has 10 heteroatoms. The van der Waals surface area contributed by atoms with Gasteiger partial charge < -0.3 is 9.80 Å². The topological polar surface area (TPSA) is 94.8 Å². The van der Waals surface area contributed by atoms with Gasteiger partial charge >= 0.3 is 6.03 Å². The summed E-state index contributed by atoms with van der Waals surface area (Å²) in [7, 11) is 3.97. The number of amides is 3. The van der Waals surface area contributed by atoms with Gasteiger partial charge in [0.1, 0.15) is 5.82 Å². The zero-order chi connectivity index (χ0) is 21.8. The fraction of sp³-hybridized carbons (Fsp3) is 0.350. The number of nitrogens with zero attached hydrogens (tertiary/aromatic N) is 4. The first-order chi connectivity index (χ1) is 14.3. The highest BCUT2D eigenvalue weighted by Crippen LogP contribution is 2.26. The number of hydrazine groups is 1. The van der Waals surface area contributed by atoms with Crippen molar-refractivity contribution >= 4 is 29.2 Å². The molecule has 0 aliphatic carbocycles. The van der Waals surface area contributed by atoms with E-state index in [4.69, 9.17) is 17.4 Å². The maximum Gasteiger partial charge on any atom is 0.324 e. The van der Waals surface area contributed by atoms with Gasteiger partial charge in [-0.25, -0.2) is 15.0 Å². The van der Waals surface area contributed by atoms with Crippen molar-refractivity contribution in [1.82, 2.24) is 20.2 Å². The lowest BCUT2D eigenvalue weighted by molar-refractivity contribution is 0.0953. The Bertz CT molecular complexity index is 924. The van der Waals surface area contributed by atoms with Gasteiger partial charge in [0.15, 0.2) is 0 Å². The van der Waals surface area contributed by atoms with E-state index in [2.05, 4.69) is 9.88 Å². The van der Waals surface area contributed by atoms with Gasteiger partial charge in [0, 0.05) is 31.0 Å². The molecule has 30 heavy (non-hydrogen) atoms. The van der Waals surface area contributed by atoms with Crippen LogP contribution in [-0.2, 0) is 6.54 Å². The van der Waals surface area contributed by atoms with Gasteiger partial charge in [-0.05, 0) is 50.8 Å². The number of benzene rings is 1. The number of nitrogens with one attached hydrogen (secondary N) is 1. The van der Waals surface area contributed by atoms with Crippen molar-refractivity contribution < 1.29 is 14.0 Å². The molecule has 0 radical (unpaired) electrons. The number of pyridine rings is 1. The lowest BCUT2D eigenvalue weighted by Crippen LogP contribution is -2.43. The molecule has 0 saturated carbocycles. The van der Waals surface area contributed by atoms with Crippen LogP contribution in [0.4, 0.5) is 14.9 Å². The van der Waals surface area contributed by atoms with E-state index in [1.807, 2.05) is 19.5 Å². The summed E-state index contributed by atoms with van der Waals surface area (Å²) in [5, 5.41) is -0.0687. The van der Waals surface area contributed by atoms with Gasteiger partial charge in [-0.1, -0.05) is 11.6 Å². The minimum atomic E-state index is -0.558. The summed E-state index contributed by atoms with van der Waals surface area (Å²) in [6, 6.07) is 7.43. The average Bonchev–Trinajstić information content (AvgIpc) is 3.24. The number of carbonyl (C=O) groups is 2. The summed E-state index contributed by atoms with van der Waals surface area (Å²) in [6.45, 7) is 1.35. The molecule has 3 rings (SSSR count). The van der Waals surface area contributed by atoms with Crippen LogP contribution in [-0.4, -0.2) is 59.9 Å². The first-order valence-electron chi connectivity index (χ1n) is 9.44. The van der Waals surface area contributed by atoms with Crippen molar-refractivity contribution in [3.63, 3.8) is 0 Å². The van der Waals surface area contributed by atoms with Gasteiger partial charge in [-0.15, -0.1) is 0 Å². The van der Waals surface area contributed by atoms with Crippen LogP contribution < -0.4 is 16.2 Å². The molecule has 8 nitrogen and oxygen atoms in total. The molecule has 1 fully saturated rings. The summed E-state index contributed by atoms with van der Waals surface area (Å²) in [5.74, 6) is 4.12. The summed E-state index contributed by atoms with van der Waals surface area (Å²) in [6.07, 6.45) is 2.26. The summed E-state index contributed by atoms with van der Waals surface area (Å²) in [5.41, 5.74) is 3.37. The number of halogens is 2. The maximum absolute atomic E-state index is 13.7. The molecule has 1 aliphatic heterocycles. The third kappa shape index (κ3) is 4.86. The molecule has 1 saturated heterocycles. The van der Waals surface area contributed by atoms with E-state index in [0.717, 1.165) is 6.42 Å². The second-order valence-corrected chi connectivity index (χ2v) is 7.74. The van der Waals surface area contributed by atoms with Crippen molar-refractivity contribution in [3.8, 4) is 0 Å². The predicted octanol–water partition coefficient (Wildman–Crippen LogP) is 2.24. The smallest absolute Gasteiger partial charge is 0.323 e. The van der Waals surface area contributed by atoms with Crippen LogP contribution >= 0.6 is 11.6 Å². The number of nitrogens with two attached hydrogens (primary N) is 1. The third-order valence-corrected chi connectivity index (χ3v) is 5.44. The number of carbonyl (C=O) groups excluding carboxylic acids is 2. The van der Waals surface area contributed by atoms with Crippen LogP contribution in [0.2, 0.25) is 5.02 Å². The Morgan fingerprint density at radius 2 is 2.10 bits per heavy atom. The minimum Gasteiger partial charge on any atom is -0.323 e. The van der Waals surface area contributed by atoms with Crippen molar-refractivity contribution in [2.75, 3.05) is 32.1 Å². The highest BCUT2D eigenvalue weighted by atomic mass is 35.5. The Kier molecular flexibility index (Phi) is 6.86. The van der Waals surface area contributed by atoms with E-state index < -0.39 is 11.7 Å². The number of likely N-dealkylation sites (N-methyl/N-ethyl adjacent to an activating group) is 1. The Balaban J connectivity index is 1.87. The average molecular weight is 435 g/mol. The van der Waals surface area contributed by atoms with Crippen molar-refractivity contribution in [3.05, 3.63) is 58.6 Å². The fourth-order valence-corrected chi connectivity index (χ4v) is 3.50. The first-order valence-corrected chi connectivity index (χ1v) is 9.81. The molecule has 0 unspecified atom stereocenters. The number of nitrogen functional groups attached to an aromatic ring is 1. The number of hydrogen-bond donors (Lipinski definition) is 2. The Hall–Kier alpha value is -2.75.